The fourth-order valence-corrected chi connectivity index (χ4v) is 1.35. The predicted molar refractivity (Wildman–Crippen MR) is 74.3 cm³/mol. The number of hydrogen-bond acceptors (Lipinski definition) is 5. The quantitative estimate of drug-likeness (QED) is 0.670. The van der Waals surface area contributed by atoms with E-state index in [1.54, 1.807) is 13.0 Å². The molecule has 0 aliphatic carbocycles. The summed E-state index contributed by atoms with van der Waals surface area (Å²) >= 11 is 4.82. The molecule has 0 bridgehead atoms. The van der Waals surface area contributed by atoms with Gasteiger partial charge >= 0.3 is 0 Å². The fourth-order valence-electron chi connectivity index (χ4n) is 1.23. The van der Waals surface area contributed by atoms with Crippen molar-refractivity contribution < 1.29 is 4.79 Å². The first-order chi connectivity index (χ1) is 8.40. The van der Waals surface area contributed by atoms with Gasteiger partial charge in [0.15, 0.2) is 0 Å². The number of amides is 1. The molecule has 6 nitrogen and oxygen atoms in total. The maximum atomic E-state index is 11.7. The number of thiocarbonyl (C=S) groups is 1. The summed E-state index contributed by atoms with van der Waals surface area (Å²) in [5.41, 5.74) is 5.94. The van der Waals surface area contributed by atoms with E-state index in [-0.39, 0.29) is 16.9 Å². The maximum Gasteiger partial charge on any atom is 0.242 e. The molecule has 1 unspecified atom stereocenters. The molecule has 18 heavy (non-hydrogen) atoms. The van der Waals surface area contributed by atoms with Crippen molar-refractivity contribution >= 4 is 29.1 Å². The second-order valence-corrected chi connectivity index (χ2v) is 4.60. The van der Waals surface area contributed by atoms with Crippen LogP contribution in [0.1, 0.15) is 26.5 Å². The summed E-state index contributed by atoms with van der Waals surface area (Å²) in [6.45, 7) is 5.53. The van der Waals surface area contributed by atoms with E-state index in [0.29, 0.717) is 11.6 Å². The van der Waals surface area contributed by atoms with E-state index < -0.39 is 6.04 Å². The maximum absolute atomic E-state index is 11.7. The molecule has 0 saturated heterocycles. The van der Waals surface area contributed by atoms with Crippen LogP contribution >= 0.6 is 12.2 Å². The summed E-state index contributed by atoms with van der Waals surface area (Å²) in [5, 5.41) is 5.69. The molecule has 0 spiro atoms. The van der Waals surface area contributed by atoms with E-state index in [1.165, 1.54) is 6.20 Å². The van der Waals surface area contributed by atoms with Crippen molar-refractivity contribution in [2.24, 2.45) is 5.73 Å². The number of anilines is 1. The van der Waals surface area contributed by atoms with Gasteiger partial charge in [-0.05, 0) is 26.8 Å². The topological polar surface area (TPSA) is 92.9 Å². The van der Waals surface area contributed by atoms with Crippen molar-refractivity contribution in [1.82, 2.24) is 15.3 Å². The second-order valence-electron chi connectivity index (χ2n) is 4.16. The first kappa shape index (κ1) is 14.3. The number of hydrogen-bond donors (Lipinski definition) is 3. The highest BCUT2D eigenvalue weighted by Gasteiger charge is 2.14. The number of carbonyl (C=O) groups excluding carboxylic acids is 1. The first-order valence-electron chi connectivity index (χ1n) is 5.60. The van der Waals surface area contributed by atoms with Crippen molar-refractivity contribution in [3.63, 3.8) is 0 Å². The van der Waals surface area contributed by atoms with Gasteiger partial charge in [0.25, 0.3) is 0 Å². The van der Waals surface area contributed by atoms with Crippen LogP contribution in [0.25, 0.3) is 0 Å². The highest BCUT2D eigenvalue weighted by atomic mass is 32.1. The van der Waals surface area contributed by atoms with Crippen molar-refractivity contribution in [3.05, 3.63) is 18.0 Å². The molecular formula is C11H17N5OS. The van der Waals surface area contributed by atoms with Crippen LogP contribution in [0.4, 0.5) is 5.95 Å². The van der Waals surface area contributed by atoms with Gasteiger partial charge in [-0.2, -0.15) is 0 Å². The molecule has 1 aromatic heterocycles. The summed E-state index contributed by atoms with van der Waals surface area (Å²) in [6, 6.07) is 1.27. The van der Waals surface area contributed by atoms with Crippen LogP contribution in [0.2, 0.25) is 0 Å². The Kier molecular flexibility index (Phi) is 4.96. The zero-order valence-corrected chi connectivity index (χ0v) is 11.4. The highest BCUT2D eigenvalue weighted by Crippen LogP contribution is 2.02. The third kappa shape index (κ3) is 4.25. The van der Waals surface area contributed by atoms with Crippen LogP contribution in [0, 0.1) is 0 Å². The molecular weight excluding hydrogens is 250 g/mol. The molecule has 0 saturated carbocycles. The number of rotatable bonds is 5. The number of nitrogens with one attached hydrogen (secondary N) is 2. The minimum atomic E-state index is -0.436. The second kappa shape index (κ2) is 6.25. The van der Waals surface area contributed by atoms with Crippen LogP contribution in [0.15, 0.2) is 12.3 Å². The average Bonchev–Trinajstić information content (AvgIpc) is 2.28. The van der Waals surface area contributed by atoms with Gasteiger partial charge in [-0.15, -0.1) is 0 Å². The van der Waals surface area contributed by atoms with E-state index in [4.69, 9.17) is 18.0 Å². The molecule has 1 atom stereocenters. The zero-order valence-electron chi connectivity index (χ0n) is 10.6. The van der Waals surface area contributed by atoms with Crippen molar-refractivity contribution in [2.75, 3.05) is 5.32 Å². The SMILES string of the molecule is CC(C)NC(=O)C(C)Nc1nccc(C(N)=S)n1. The smallest absolute Gasteiger partial charge is 0.242 e. The molecule has 7 heteroatoms. The van der Waals surface area contributed by atoms with Crippen LogP contribution < -0.4 is 16.4 Å². The molecule has 0 aromatic carbocycles. The molecule has 0 radical (unpaired) electrons. The molecule has 0 fully saturated rings. The third-order valence-corrected chi connectivity index (χ3v) is 2.29. The summed E-state index contributed by atoms with van der Waals surface area (Å²) in [7, 11) is 0. The van der Waals surface area contributed by atoms with Gasteiger partial charge < -0.3 is 16.4 Å². The lowest BCUT2D eigenvalue weighted by Crippen LogP contribution is -2.41. The van der Waals surface area contributed by atoms with E-state index in [9.17, 15) is 4.79 Å². The Morgan fingerprint density at radius 1 is 1.44 bits per heavy atom. The predicted octanol–water partition coefficient (Wildman–Crippen LogP) is 0.436. The highest BCUT2D eigenvalue weighted by molar-refractivity contribution is 7.80. The van der Waals surface area contributed by atoms with Gasteiger partial charge in [0.1, 0.15) is 16.7 Å². The minimum Gasteiger partial charge on any atom is -0.388 e. The third-order valence-electron chi connectivity index (χ3n) is 2.08. The summed E-state index contributed by atoms with van der Waals surface area (Å²) in [4.78, 5) is 20.0. The standard InChI is InChI=1S/C11H17N5OS/c1-6(2)14-10(17)7(3)15-11-13-5-4-8(16-11)9(12)18/h4-7H,1-3H3,(H2,12,18)(H,14,17)(H,13,15,16). The number of nitrogens with zero attached hydrogens (tertiary/aromatic N) is 2. The molecule has 0 aliphatic rings. The van der Waals surface area contributed by atoms with Crippen molar-refractivity contribution in [1.29, 1.82) is 0 Å². The van der Waals surface area contributed by atoms with Crippen LogP contribution in [0.3, 0.4) is 0 Å². The van der Waals surface area contributed by atoms with Gasteiger partial charge in [0.2, 0.25) is 11.9 Å². The number of nitrogens with two attached hydrogens (primary N) is 1. The Morgan fingerprint density at radius 3 is 2.67 bits per heavy atom. The van der Waals surface area contributed by atoms with E-state index in [1.807, 2.05) is 13.8 Å². The Morgan fingerprint density at radius 2 is 2.11 bits per heavy atom. The van der Waals surface area contributed by atoms with E-state index in [2.05, 4.69) is 20.6 Å². The van der Waals surface area contributed by atoms with Gasteiger partial charge in [-0.3, -0.25) is 4.79 Å². The zero-order chi connectivity index (χ0) is 13.7. The number of carbonyl (C=O) groups is 1. The lowest BCUT2D eigenvalue weighted by molar-refractivity contribution is -0.122. The van der Waals surface area contributed by atoms with Gasteiger partial charge in [-0.25, -0.2) is 9.97 Å². The Hall–Kier alpha value is -1.76. The Bertz CT molecular complexity index is 449. The molecule has 1 rings (SSSR count). The van der Waals surface area contributed by atoms with Crippen LogP contribution in [-0.2, 0) is 4.79 Å². The van der Waals surface area contributed by atoms with Crippen molar-refractivity contribution in [3.8, 4) is 0 Å². The Labute approximate surface area is 111 Å². The normalized spacial score (nSPS) is 12.0. The summed E-state index contributed by atoms with van der Waals surface area (Å²) in [6.07, 6.45) is 1.54. The number of aromatic nitrogens is 2. The van der Waals surface area contributed by atoms with E-state index >= 15 is 0 Å². The summed E-state index contributed by atoms with van der Waals surface area (Å²) < 4.78 is 0. The molecule has 1 aromatic rings. The van der Waals surface area contributed by atoms with Crippen LogP contribution in [-0.4, -0.2) is 32.9 Å². The average molecular weight is 267 g/mol. The molecule has 1 amide bonds. The summed E-state index contributed by atoms with van der Waals surface area (Å²) in [5.74, 6) is 0.209. The fraction of sp³-hybridized carbons (Fsp3) is 0.455. The van der Waals surface area contributed by atoms with Crippen LogP contribution in [0.5, 0.6) is 0 Å². The molecule has 1 heterocycles. The van der Waals surface area contributed by atoms with Gasteiger partial charge in [0, 0.05) is 12.2 Å². The monoisotopic (exact) mass is 267 g/mol. The lowest BCUT2D eigenvalue weighted by atomic mass is 10.3. The first-order valence-corrected chi connectivity index (χ1v) is 6.00. The van der Waals surface area contributed by atoms with Gasteiger partial charge in [0.05, 0.1) is 0 Å². The Balaban J connectivity index is 2.69. The molecule has 4 N–H and O–H groups in total. The largest absolute Gasteiger partial charge is 0.388 e. The molecule has 98 valence electrons. The van der Waals surface area contributed by atoms with Crippen molar-refractivity contribution in [2.45, 2.75) is 32.9 Å². The van der Waals surface area contributed by atoms with E-state index in [0.717, 1.165) is 0 Å². The van der Waals surface area contributed by atoms with Gasteiger partial charge in [-0.1, -0.05) is 12.2 Å². The molecule has 0 aliphatic heterocycles. The lowest BCUT2D eigenvalue weighted by Gasteiger charge is -2.16. The minimum absolute atomic E-state index is 0.0885.